The Morgan fingerprint density at radius 3 is 2.28 bits per heavy atom. The van der Waals surface area contributed by atoms with Gasteiger partial charge in [-0.05, 0) is 54.9 Å². The van der Waals surface area contributed by atoms with Crippen molar-refractivity contribution in [3.8, 4) is 5.75 Å². The summed E-state index contributed by atoms with van der Waals surface area (Å²) in [5.74, 6) is 0.938. The van der Waals surface area contributed by atoms with E-state index in [1.54, 1.807) is 7.11 Å². The SMILES string of the molecule is COc1cc(C)c(CCC(O)C(C)(C)C)cc1C. The first-order chi connectivity index (χ1) is 8.25. The molecule has 1 rings (SSSR count). The summed E-state index contributed by atoms with van der Waals surface area (Å²) in [6.07, 6.45) is 1.45. The number of aliphatic hydroxyl groups excluding tert-OH is 1. The molecule has 0 amide bonds. The lowest BCUT2D eigenvalue weighted by Crippen LogP contribution is -2.26. The Bertz CT molecular complexity index is 402. The number of hydrogen-bond acceptors (Lipinski definition) is 2. The second-order valence-electron chi connectivity index (χ2n) is 6.17. The molecular formula is C16H26O2. The summed E-state index contributed by atoms with van der Waals surface area (Å²) in [5, 5.41) is 10.1. The van der Waals surface area contributed by atoms with Crippen LogP contribution >= 0.6 is 0 Å². The van der Waals surface area contributed by atoms with Crippen LogP contribution in [0.1, 0.15) is 43.9 Å². The van der Waals surface area contributed by atoms with Crippen molar-refractivity contribution in [2.45, 2.75) is 53.6 Å². The Morgan fingerprint density at radius 2 is 1.78 bits per heavy atom. The van der Waals surface area contributed by atoms with Crippen molar-refractivity contribution in [3.05, 3.63) is 28.8 Å². The molecule has 2 nitrogen and oxygen atoms in total. The van der Waals surface area contributed by atoms with Crippen LogP contribution in [-0.2, 0) is 6.42 Å². The molecule has 0 heterocycles. The van der Waals surface area contributed by atoms with Crippen LogP contribution in [0.25, 0.3) is 0 Å². The summed E-state index contributed by atoms with van der Waals surface area (Å²) >= 11 is 0. The van der Waals surface area contributed by atoms with Gasteiger partial charge in [0.1, 0.15) is 5.75 Å². The van der Waals surface area contributed by atoms with E-state index in [0.29, 0.717) is 0 Å². The number of hydrogen-bond donors (Lipinski definition) is 1. The molecule has 18 heavy (non-hydrogen) atoms. The minimum Gasteiger partial charge on any atom is -0.496 e. The number of rotatable bonds is 4. The van der Waals surface area contributed by atoms with Gasteiger partial charge in [0.05, 0.1) is 13.2 Å². The molecule has 1 unspecified atom stereocenters. The lowest BCUT2D eigenvalue weighted by atomic mass is 9.85. The highest BCUT2D eigenvalue weighted by molar-refractivity contribution is 5.41. The molecule has 1 aromatic carbocycles. The summed E-state index contributed by atoms with van der Waals surface area (Å²) in [6.45, 7) is 10.4. The third-order valence-electron chi connectivity index (χ3n) is 3.54. The van der Waals surface area contributed by atoms with Crippen molar-refractivity contribution in [1.29, 1.82) is 0 Å². The highest BCUT2D eigenvalue weighted by atomic mass is 16.5. The maximum Gasteiger partial charge on any atom is 0.122 e. The van der Waals surface area contributed by atoms with E-state index in [1.807, 2.05) is 0 Å². The second-order valence-corrected chi connectivity index (χ2v) is 6.17. The van der Waals surface area contributed by atoms with Gasteiger partial charge in [-0.2, -0.15) is 0 Å². The van der Waals surface area contributed by atoms with Gasteiger partial charge in [-0.25, -0.2) is 0 Å². The van der Waals surface area contributed by atoms with Crippen molar-refractivity contribution in [2.75, 3.05) is 7.11 Å². The molecule has 0 saturated heterocycles. The van der Waals surface area contributed by atoms with Gasteiger partial charge in [0.15, 0.2) is 0 Å². The Labute approximate surface area is 111 Å². The van der Waals surface area contributed by atoms with Crippen LogP contribution in [0.4, 0.5) is 0 Å². The van der Waals surface area contributed by atoms with E-state index < -0.39 is 0 Å². The maximum atomic E-state index is 10.1. The van der Waals surface area contributed by atoms with Crippen molar-refractivity contribution in [1.82, 2.24) is 0 Å². The third-order valence-corrected chi connectivity index (χ3v) is 3.54. The molecule has 1 aromatic rings. The summed E-state index contributed by atoms with van der Waals surface area (Å²) in [4.78, 5) is 0. The van der Waals surface area contributed by atoms with Crippen LogP contribution in [0.5, 0.6) is 5.75 Å². The Kier molecular flexibility index (Phi) is 4.80. The molecule has 0 aliphatic carbocycles. The summed E-state index contributed by atoms with van der Waals surface area (Å²) in [6, 6.07) is 4.25. The van der Waals surface area contributed by atoms with Gasteiger partial charge in [-0.1, -0.05) is 26.8 Å². The molecule has 0 spiro atoms. The molecule has 0 saturated carbocycles. The second kappa shape index (κ2) is 5.75. The fraction of sp³-hybridized carbons (Fsp3) is 0.625. The van der Waals surface area contributed by atoms with E-state index in [1.165, 1.54) is 11.1 Å². The van der Waals surface area contributed by atoms with E-state index >= 15 is 0 Å². The monoisotopic (exact) mass is 250 g/mol. The maximum absolute atomic E-state index is 10.1. The number of benzene rings is 1. The van der Waals surface area contributed by atoms with Crippen molar-refractivity contribution < 1.29 is 9.84 Å². The van der Waals surface area contributed by atoms with Crippen LogP contribution in [0.3, 0.4) is 0 Å². The first-order valence-corrected chi connectivity index (χ1v) is 6.58. The Hall–Kier alpha value is -1.02. The van der Waals surface area contributed by atoms with Crippen LogP contribution in [0, 0.1) is 19.3 Å². The quantitative estimate of drug-likeness (QED) is 0.884. The Balaban J connectivity index is 2.77. The largest absolute Gasteiger partial charge is 0.496 e. The van der Waals surface area contributed by atoms with Gasteiger partial charge >= 0.3 is 0 Å². The average Bonchev–Trinajstić information content (AvgIpc) is 2.27. The van der Waals surface area contributed by atoms with Gasteiger partial charge in [0.25, 0.3) is 0 Å². The van der Waals surface area contributed by atoms with Gasteiger partial charge in [0, 0.05) is 0 Å². The fourth-order valence-electron chi connectivity index (χ4n) is 2.06. The number of aryl methyl sites for hydroxylation is 3. The van der Waals surface area contributed by atoms with Gasteiger partial charge in [0.2, 0.25) is 0 Å². The van der Waals surface area contributed by atoms with Crippen LogP contribution in [0.2, 0.25) is 0 Å². The zero-order valence-corrected chi connectivity index (χ0v) is 12.5. The first kappa shape index (κ1) is 15.0. The fourth-order valence-corrected chi connectivity index (χ4v) is 2.06. The minimum atomic E-state index is -0.265. The summed E-state index contributed by atoms with van der Waals surface area (Å²) < 4.78 is 5.31. The highest BCUT2D eigenvalue weighted by Crippen LogP contribution is 2.26. The standard InChI is InChI=1S/C16H26O2/c1-11-10-14(18-6)12(2)9-13(11)7-8-15(17)16(3,4)5/h9-10,15,17H,7-8H2,1-6H3. The predicted molar refractivity (Wildman–Crippen MR) is 76.3 cm³/mol. The topological polar surface area (TPSA) is 29.5 Å². The number of methoxy groups -OCH3 is 1. The van der Waals surface area contributed by atoms with E-state index in [0.717, 1.165) is 24.2 Å². The predicted octanol–water partition coefficient (Wildman–Crippen LogP) is 3.65. The van der Waals surface area contributed by atoms with Gasteiger partial charge < -0.3 is 9.84 Å². The lowest BCUT2D eigenvalue weighted by molar-refractivity contribution is 0.0559. The van der Waals surface area contributed by atoms with Crippen molar-refractivity contribution >= 4 is 0 Å². The summed E-state index contributed by atoms with van der Waals surface area (Å²) in [7, 11) is 1.70. The van der Waals surface area contributed by atoms with E-state index in [9.17, 15) is 5.11 Å². The number of ether oxygens (including phenoxy) is 1. The van der Waals surface area contributed by atoms with Crippen LogP contribution in [-0.4, -0.2) is 18.3 Å². The average molecular weight is 250 g/mol. The third kappa shape index (κ3) is 3.74. The normalized spacial score (nSPS) is 13.5. The van der Waals surface area contributed by atoms with Crippen molar-refractivity contribution in [2.24, 2.45) is 5.41 Å². The smallest absolute Gasteiger partial charge is 0.122 e. The zero-order chi connectivity index (χ0) is 13.9. The van der Waals surface area contributed by atoms with Crippen LogP contribution < -0.4 is 4.74 Å². The molecule has 0 aromatic heterocycles. The molecule has 0 aliphatic rings. The van der Waals surface area contributed by atoms with Crippen molar-refractivity contribution in [3.63, 3.8) is 0 Å². The molecule has 0 radical (unpaired) electrons. The van der Waals surface area contributed by atoms with E-state index in [2.05, 4.69) is 46.8 Å². The van der Waals surface area contributed by atoms with E-state index in [4.69, 9.17) is 4.74 Å². The zero-order valence-electron chi connectivity index (χ0n) is 12.5. The molecule has 1 atom stereocenters. The summed E-state index contributed by atoms with van der Waals surface area (Å²) in [5.41, 5.74) is 3.65. The number of aliphatic hydroxyl groups is 1. The van der Waals surface area contributed by atoms with Gasteiger partial charge in [-0.15, -0.1) is 0 Å². The molecule has 0 fully saturated rings. The van der Waals surface area contributed by atoms with E-state index in [-0.39, 0.29) is 11.5 Å². The Morgan fingerprint density at radius 1 is 1.17 bits per heavy atom. The highest BCUT2D eigenvalue weighted by Gasteiger charge is 2.21. The molecule has 1 N–H and O–H groups in total. The molecule has 102 valence electrons. The molecule has 0 aliphatic heterocycles. The first-order valence-electron chi connectivity index (χ1n) is 6.58. The van der Waals surface area contributed by atoms with Crippen LogP contribution in [0.15, 0.2) is 12.1 Å². The minimum absolute atomic E-state index is 0.0462. The van der Waals surface area contributed by atoms with Gasteiger partial charge in [-0.3, -0.25) is 0 Å². The lowest BCUT2D eigenvalue weighted by Gasteiger charge is -2.26. The molecule has 2 heteroatoms. The molecule has 0 bridgehead atoms. The molecular weight excluding hydrogens is 224 g/mol.